The first-order chi connectivity index (χ1) is 15.4. The third-order valence-electron chi connectivity index (χ3n) is 6.41. The molecule has 2 aromatic rings. The van der Waals surface area contributed by atoms with Gasteiger partial charge in [-0.1, -0.05) is 6.07 Å². The summed E-state index contributed by atoms with van der Waals surface area (Å²) in [7, 11) is -2.07. The van der Waals surface area contributed by atoms with Crippen molar-refractivity contribution in [3.8, 4) is 0 Å². The average molecular weight is 456 g/mol. The van der Waals surface area contributed by atoms with Crippen LogP contribution in [0.15, 0.2) is 47.4 Å². The molecule has 1 heterocycles. The molecule has 0 unspecified atom stereocenters. The predicted octanol–water partition coefficient (Wildman–Crippen LogP) is 2.96. The first kappa shape index (κ1) is 22.3. The van der Waals surface area contributed by atoms with Crippen molar-refractivity contribution in [1.29, 1.82) is 0 Å². The normalized spacial score (nSPS) is 16.8. The molecule has 32 heavy (non-hydrogen) atoms. The summed E-state index contributed by atoms with van der Waals surface area (Å²) in [5.41, 5.74) is 3.26. The molecule has 2 aromatic carbocycles. The van der Waals surface area contributed by atoms with Crippen molar-refractivity contribution in [2.24, 2.45) is 5.92 Å². The summed E-state index contributed by atoms with van der Waals surface area (Å²) < 4.78 is 28.3. The van der Waals surface area contributed by atoms with Crippen molar-refractivity contribution in [3.05, 3.63) is 59.2 Å². The van der Waals surface area contributed by atoms with Crippen LogP contribution in [0.3, 0.4) is 0 Å². The number of carbonyl (C=O) groups excluding carboxylic acids is 2. The van der Waals surface area contributed by atoms with Gasteiger partial charge in [0.15, 0.2) is 0 Å². The first-order valence-electron chi connectivity index (χ1n) is 11.1. The van der Waals surface area contributed by atoms with Gasteiger partial charge in [-0.15, -0.1) is 0 Å². The number of nitrogens with zero attached hydrogens (tertiary/aromatic N) is 1. The van der Waals surface area contributed by atoms with Crippen molar-refractivity contribution in [1.82, 2.24) is 10.2 Å². The van der Waals surface area contributed by atoms with Gasteiger partial charge in [-0.3, -0.25) is 14.3 Å². The van der Waals surface area contributed by atoms with Gasteiger partial charge in [-0.2, -0.15) is 0 Å². The number of hydrogen-bond donors (Lipinski definition) is 2. The van der Waals surface area contributed by atoms with Crippen molar-refractivity contribution in [3.63, 3.8) is 0 Å². The molecule has 1 saturated heterocycles. The lowest BCUT2D eigenvalue weighted by atomic mass is 9.92. The summed E-state index contributed by atoms with van der Waals surface area (Å²) in [6.07, 6.45) is 5.43. The molecule has 2 amide bonds. The molecular weight excluding hydrogens is 426 g/mol. The van der Waals surface area contributed by atoms with E-state index in [1.165, 1.54) is 5.56 Å². The van der Waals surface area contributed by atoms with Gasteiger partial charge in [-0.25, -0.2) is 8.42 Å². The smallest absolute Gasteiger partial charge is 0.261 e. The van der Waals surface area contributed by atoms with Gasteiger partial charge in [0.1, 0.15) is 0 Å². The standard InChI is InChI=1S/C24H29N3O4S/c1-25-23(28)18-12-14-27(15-13-18)24(29)19-6-9-21(10-7-19)26-32(30,31)22-11-8-17-4-2-3-5-20(17)16-22/h6-11,16,18,26H,2-5,12-15H2,1H3,(H,25,28). The van der Waals surface area contributed by atoms with E-state index in [4.69, 9.17) is 0 Å². The number of aryl methyl sites for hydroxylation is 2. The van der Waals surface area contributed by atoms with E-state index in [-0.39, 0.29) is 22.6 Å². The van der Waals surface area contributed by atoms with Gasteiger partial charge >= 0.3 is 0 Å². The van der Waals surface area contributed by atoms with E-state index in [1.54, 1.807) is 48.3 Å². The molecule has 7 nitrogen and oxygen atoms in total. The second-order valence-corrected chi connectivity index (χ2v) is 10.2. The van der Waals surface area contributed by atoms with Crippen LogP contribution in [-0.4, -0.2) is 45.3 Å². The van der Waals surface area contributed by atoms with Gasteiger partial charge in [-0.05, 0) is 86.1 Å². The number of fused-ring (bicyclic) bond motifs is 1. The summed E-state index contributed by atoms with van der Waals surface area (Å²) >= 11 is 0. The van der Waals surface area contributed by atoms with E-state index in [2.05, 4.69) is 10.0 Å². The van der Waals surface area contributed by atoms with Crippen LogP contribution in [0.1, 0.15) is 47.2 Å². The minimum Gasteiger partial charge on any atom is -0.359 e. The third kappa shape index (κ3) is 4.80. The maximum absolute atomic E-state index is 12.8. The van der Waals surface area contributed by atoms with Crippen LogP contribution in [-0.2, 0) is 27.7 Å². The van der Waals surface area contributed by atoms with Gasteiger partial charge < -0.3 is 10.2 Å². The molecule has 0 spiro atoms. The molecule has 0 saturated carbocycles. The lowest BCUT2D eigenvalue weighted by Gasteiger charge is -2.31. The Labute approximate surface area is 189 Å². The number of sulfonamides is 1. The van der Waals surface area contributed by atoms with Gasteiger partial charge in [0, 0.05) is 37.3 Å². The SMILES string of the molecule is CNC(=O)C1CCN(C(=O)c2ccc(NS(=O)(=O)c3ccc4c(c3)CCCC4)cc2)CC1. The Morgan fingerprint density at radius 1 is 0.938 bits per heavy atom. The molecule has 2 aliphatic rings. The fraction of sp³-hybridized carbons (Fsp3) is 0.417. The lowest BCUT2D eigenvalue weighted by molar-refractivity contribution is -0.125. The summed E-state index contributed by atoms with van der Waals surface area (Å²) in [5, 5.41) is 2.66. The number of amides is 2. The number of anilines is 1. The van der Waals surface area contributed by atoms with Crippen molar-refractivity contribution in [2.75, 3.05) is 24.9 Å². The van der Waals surface area contributed by atoms with E-state index in [1.807, 2.05) is 6.07 Å². The Hall–Kier alpha value is -2.87. The van der Waals surface area contributed by atoms with Crippen LogP contribution in [0.4, 0.5) is 5.69 Å². The van der Waals surface area contributed by atoms with E-state index in [0.717, 1.165) is 31.2 Å². The summed E-state index contributed by atoms with van der Waals surface area (Å²) in [6.45, 7) is 1.06. The number of piperidine rings is 1. The highest BCUT2D eigenvalue weighted by molar-refractivity contribution is 7.92. The van der Waals surface area contributed by atoms with E-state index < -0.39 is 10.0 Å². The maximum Gasteiger partial charge on any atom is 0.261 e. The fourth-order valence-corrected chi connectivity index (χ4v) is 5.61. The Bertz CT molecular complexity index is 1100. The van der Waals surface area contributed by atoms with Gasteiger partial charge in [0.25, 0.3) is 15.9 Å². The Balaban J connectivity index is 1.40. The largest absolute Gasteiger partial charge is 0.359 e. The lowest BCUT2D eigenvalue weighted by Crippen LogP contribution is -2.42. The number of likely N-dealkylation sites (tertiary alicyclic amines) is 1. The van der Waals surface area contributed by atoms with E-state index in [0.29, 0.717) is 37.2 Å². The Morgan fingerprint density at radius 3 is 2.25 bits per heavy atom. The summed E-state index contributed by atoms with van der Waals surface area (Å²) in [6, 6.07) is 11.8. The van der Waals surface area contributed by atoms with Crippen molar-refractivity contribution in [2.45, 2.75) is 43.4 Å². The molecule has 1 aliphatic heterocycles. The molecule has 0 bridgehead atoms. The van der Waals surface area contributed by atoms with Gasteiger partial charge in [0.05, 0.1) is 4.90 Å². The number of hydrogen-bond acceptors (Lipinski definition) is 4. The monoisotopic (exact) mass is 455 g/mol. The molecule has 4 rings (SSSR count). The van der Waals surface area contributed by atoms with E-state index in [9.17, 15) is 18.0 Å². The third-order valence-corrected chi connectivity index (χ3v) is 7.79. The van der Waals surface area contributed by atoms with Gasteiger partial charge in [0.2, 0.25) is 5.91 Å². The highest BCUT2D eigenvalue weighted by Crippen LogP contribution is 2.26. The van der Waals surface area contributed by atoms with Crippen LogP contribution in [0.25, 0.3) is 0 Å². The van der Waals surface area contributed by atoms with Crippen molar-refractivity contribution >= 4 is 27.5 Å². The first-order valence-corrected chi connectivity index (χ1v) is 12.6. The van der Waals surface area contributed by atoms with E-state index >= 15 is 0 Å². The molecule has 170 valence electrons. The zero-order valence-corrected chi connectivity index (χ0v) is 19.1. The fourth-order valence-electron chi connectivity index (χ4n) is 4.50. The minimum atomic E-state index is -3.70. The van der Waals surface area contributed by atoms with Crippen LogP contribution in [0, 0.1) is 5.92 Å². The predicted molar refractivity (Wildman–Crippen MR) is 123 cm³/mol. The Morgan fingerprint density at radius 2 is 1.59 bits per heavy atom. The number of carbonyl (C=O) groups is 2. The van der Waals surface area contributed by atoms with Crippen LogP contribution in [0.2, 0.25) is 0 Å². The summed E-state index contributed by atoms with van der Waals surface area (Å²) in [4.78, 5) is 26.6. The molecule has 1 fully saturated rings. The van der Waals surface area contributed by atoms with Crippen LogP contribution < -0.4 is 10.0 Å². The molecule has 2 N–H and O–H groups in total. The number of rotatable bonds is 5. The highest BCUT2D eigenvalue weighted by Gasteiger charge is 2.27. The maximum atomic E-state index is 12.8. The van der Waals surface area contributed by atoms with Crippen molar-refractivity contribution < 1.29 is 18.0 Å². The Kier molecular flexibility index (Phi) is 6.50. The molecule has 0 radical (unpaired) electrons. The minimum absolute atomic E-state index is 0.0210. The summed E-state index contributed by atoms with van der Waals surface area (Å²) in [5.74, 6) is -0.137. The molecular formula is C24H29N3O4S. The zero-order chi connectivity index (χ0) is 22.7. The quantitative estimate of drug-likeness (QED) is 0.725. The molecule has 0 atom stereocenters. The van der Waals surface area contributed by atoms with Crippen LogP contribution >= 0.6 is 0 Å². The molecule has 8 heteroatoms. The topological polar surface area (TPSA) is 95.6 Å². The second kappa shape index (κ2) is 9.32. The average Bonchev–Trinajstić information content (AvgIpc) is 2.83. The van der Waals surface area contributed by atoms with Crippen LogP contribution in [0.5, 0.6) is 0 Å². The zero-order valence-electron chi connectivity index (χ0n) is 18.3. The number of nitrogens with one attached hydrogen (secondary N) is 2. The number of benzene rings is 2. The molecule has 0 aromatic heterocycles. The molecule has 1 aliphatic carbocycles. The second-order valence-electron chi connectivity index (χ2n) is 8.50. The highest BCUT2D eigenvalue weighted by atomic mass is 32.2.